The summed E-state index contributed by atoms with van der Waals surface area (Å²) in [6.45, 7) is 6.54. The first-order valence-electron chi connectivity index (χ1n) is 11.9. The molecule has 9 nitrogen and oxygen atoms in total. The van der Waals surface area contributed by atoms with E-state index in [9.17, 15) is 24.6 Å². The number of likely N-dealkylation sites (tertiary alicyclic amines) is 1. The van der Waals surface area contributed by atoms with Gasteiger partial charge in [-0.3, -0.25) is 9.59 Å². The van der Waals surface area contributed by atoms with Crippen LogP contribution in [0, 0.1) is 11.8 Å². The van der Waals surface area contributed by atoms with Gasteiger partial charge in [-0.2, -0.15) is 0 Å². The SMILES string of the molecule is C[C@@H](O)[C@H]1C(=O)N2C(C(=O)O)=C(Sc3nc(-c4ccc(C[N+]5(CC(N)=O)CCCC5)s4)cs3)[C@H](C)[C@H]12. The highest BCUT2D eigenvalue weighted by atomic mass is 32.2. The molecule has 0 radical (unpaired) electrons. The molecule has 0 saturated carbocycles. The van der Waals surface area contributed by atoms with E-state index in [1.165, 1.54) is 32.9 Å². The standard InChI is InChI=1S/C24H28N4O5S3/c1-12-19-18(13(2)29)22(31)27(19)20(23(32)33)21(12)36-24-26-15(11-34-24)16-6-5-14(35-16)9-28(10-17(25)30)7-3-4-8-28/h5-6,11-13,18-19,29H,3-4,7-10H2,1-2H3,(H2-,25,30,32,33)/p+1/t12-,13-,18-,19-/m1/s1. The van der Waals surface area contributed by atoms with Gasteiger partial charge in [0.25, 0.3) is 5.91 Å². The molecular weight excluding hydrogens is 520 g/mol. The fourth-order valence-electron chi connectivity index (χ4n) is 5.81. The molecular formula is C24H29N4O5S3+. The van der Waals surface area contributed by atoms with Crippen molar-refractivity contribution in [1.29, 1.82) is 0 Å². The van der Waals surface area contributed by atoms with Crippen LogP contribution in [-0.2, 0) is 20.9 Å². The van der Waals surface area contributed by atoms with E-state index in [1.807, 2.05) is 18.4 Å². The van der Waals surface area contributed by atoms with E-state index in [-0.39, 0.29) is 29.5 Å². The van der Waals surface area contributed by atoms with Crippen molar-refractivity contribution < 1.29 is 29.1 Å². The van der Waals surface area contributed by atoms with Crippen molar-refractivity contribution in [1.82, 2.24) is 9.88 Å². The zero-order chi connectivity index (χ0) is 25.8. The third-order valence-corrected chi connectivity index (χ3v) is 10.7. The predicted octanol–water partition coefficient (Wildman–Crippen LogP) is 2.71. The van der Waals surface area contributed by atoms with E-state index in [4.69, 9.17) is 10.7 Å². The number of thioether (sulfide) groups is 1. The zero-order valence-electron chi connectivity index (χ0n) is 20.0. The lowest BCUT2D eigenvalue weighted by molar-refractivity contribution is -0.921. The molecule has 0 spiro atoms. The third-order valence-electron chi connectivity index (χ3n) is 7.40. The van der Waals surface area contributed by atoms with E-state index in [0.717, 1.165) is 43.0 Å². The minimum Gasteiger partial charge on any atom is -0.477 e. The van der Waals surface area contributed by atoms with Crippen molar-refractivity contribution >= 4 is 52.2 Å². The van der Waals surface area contributed by atoms with Crippen molar-refractivity contribution in [3.63, 3.8) is 0 Å². The summed E-state index contributed by atoms with van der Waals surface area (Å²) < 4.78 is 1.42. The molecule has 2 amide bonds. The summed E-state index contributed by atoms with van der Waals surface area (Å²) in [4.78, 5) is 45.2. The normalized spacial score (nSPS) is 25.7. The van der Waals surface area contributed by atoms with Gasteiger partial charge in [0, 0.05) is 29.0 Å². The molecule has 2 aromatic heterocycles. The van der Waals surface area contributed by atoms with Crippen LogP contribution in [0.5, 0.6) is 0 Å². The first-order valence-corrected chi connectivity index (χ1v) is 14.5. The number of hydrogen-bond acceptors (Lipinski definition) is 8. The summed E-state index contributed by atoms with van der Waals surface area (Å²) >= 11 is 4.39. The topological polar surface area (TPSA) is 134 Å². The molecule has 0 unspecified atom stereocenters. The summed E-state index contributed by atoms with van der Waals surface area (Å²) in [5, 5.41) is 21.8. The van der Waals surface area contributed by atoms with Crippen LogP contribution in [0.2, 0.25) is 0 Å². The molecule has 4 atom stereocenters. The number of thiazole rings is 1. The number of aliphatic carboxylic acids is 1. The van der Waals surface area contributed by atoms with Crippen LogP contribution < -0.4 is 5.73 Å². The molecule has 36 heavy (non-hydrogen) atoms. The molecule has 3 aliphatic rings. The number of carbonyl (C=O) groups excluding carboxylic acids is 2. The maximum Gasteiger partial charge on any atom is 0.353 e. The molecule has 0 aliphatic carbocycles. The Labute approximate surface area is 221 Å². The van der Waals surface area contributed by atoms with Gasteiger partial charge in [-0.25, -0.2) is 9.78 Å². The molecule has 2 fully saturated rings. The Bertz CT molecular complexity index is 1250. The number of quaternary nitrogens is 1. The Morgan fingerprint density at radius 1 is 1.33 bits per heavy atom. The lowest BCUT2D eigenvalue weighted by atomic mass is 9.79. The lowest BCUT2D eigenvalue weighted by Gasteiger charge is -2.46. The van der Waals surface area contributed by atoms with Crippen LogP contribution >= 0.6 is 34.4 Å². The van der Waals surface area contributed by atoms with Gasteiger partial charge in [0.05, 0.1) is 46.6 Å². The van der Waals surface area contributed by atoms with Gasteiger partial charge in [0.1, 0.15) is 12.2 Å². The van der Waals surface area contributed by atoms with E-state index in [1.54, 1.807) is 18.3 Å². The fraction of sp³-hybridized carbons (Fsp3) is 0.500. The van der Waals surface area contributed by atoms with Crippen LogP contribution in [0.15, 0.2) is 32.5 Å². The number of primary amides is 1. The van der Waals surface area contributed by atoms with Gasteiger partial charge in [0.15, 0.2) is 10.9 Å². The molecule has 192 valence electrons. The second-order valence-electron chi connectivity index (χ2n) is 9.92. The van der Waals surface area contributed by atoms with Crippen molar-refractivity contribution in [2.24, 2.45) is 17.6 Å². The Kier molecular flexibility index (Phi) is 6.75. The maximum atomic E-state index is 12.6. The number of fused-ring (bicyclic) bond motifs is 1. The van der Waals surface area contributed by atoms with Crippen molar-refractivity contribution in [2.45, 2.75) is 49.7 Å². The quantitative estimate of drug-likeness (QED) is 0.323. The molecule has 5 heterocycles. The predicted molar refractivity (Wildman–Crippen MR) is 138 cm³/mol. The number of carboxylic acid groups (broad SMARTS) is 1. The smallest absolute Gasteiger partial charge is 0.353 e. The van der Waals surface area contributed by atoms with Crippen molar-refractivity contribution in [2.75, 3.05) is 19.6 Å². The summed E-state index contributed by atoms with van der Waals surface area (Å²) in [6.07, 6.45) is 1.38. The van der Waals surface area contributed by atoms with Crippen LogP contribution in [0.1, 0.15) is 31.6 Å². The molecule has 0 aromatic carbocycles. The summed E-state index contributed by atoms with van der Waals surface area (Å²) in [5.41, 5.74) is 6.36. The van der Waals surface area contributed by atoms with Crippen LogP contribution in [-0.4, -0.2) is 74.1 Å². The van der Waals surface area contributed by atoms with Gasteiger partial charge in [-0.05, 0) is 19.1 Å². The van der Waals surface area contributed by atoms with Crippen molar-refractivity contribution in [3.8, 4) is 10.6 Å². The number of nitrogens with two attached hydrogens (primary N) is 1. The molecule has 5 rings (SSSR count). The number of aliphatic hydroxyl groups excluding tert-OH is 1. The molecule has 2 aromatic rings. The van der Waals surface area contributed by atoms with Gasteiger partial charge in [0.2, 0.25) is 5.91 Å². The largest absolute Gasteiger partial charge is 0.477 e. The first kappa shape index (κ1) is 25.4. The number of hydrogen-bond donors (Lipinski definition) is 3. The highest BCUT2D eigenvalue weighted by molar-refractivity contribution is 8.04. The number of β-lactam (4-membered cyclic amide) rings is 1. The summed E-state index contributed by atoms with van der Waals surface area (Å²) in [6, 6.07) is 3.78. The Morgan fingerprint density at radius 2 is 2.06 bits per heavy atom. The third kappa shape index (κ3) is 4.38. The molecule has 12 heteroatoms. The number of thiophene rings is 1. The number of aromatic nitrogens is 1. The number of carbonyl (C=O) groups is 3. The van der Waals surface area contributed by atoms with Gasteiger partial charge < -0.3 is 25.3 Å². The maximum absolute atomic E-state index is 12.6. The van der Waals surface area contributed by atoms with E-state index in [0.29, 0.717) is 20.3 Å². The zero-order valence-corrected chi connectivity index (χ0v) is 22.5. The van der Waals surface area contributed by atoms with Gasteiger partial charge in [-0.1, -0.05) is 18.7 Å². The number of rotatable bonds is 9. The van der Waals surface area contributed by atoms with Crippen LogP contribution in [0.25, 0.3) is 10.6 Å². The van der Waals surface area contributed by atoms with Gasteiger partial charge in [-0.15, -0.1) is 22.7 Å². The summed E-state index contributed by atoms with van der Waals surface area (Å²) in [5.74, 6) is -2.53. The number of carboxylic acids is 1. The second kappa shape index (κ2) is 9.56. The van der Waals surface area contributed by atoms with E-state index >= 15 is 0 Å². The van der Waals surface area contributed by atoms with E-state index < -0.39 is 18.0 Å². The number of amides is 2. The Hall–Kier alpha value is -2.25. The first-order chi connectivity index (χ1) is 17.1. The average molecular weight is 550 g/mol. The van der Waals surface area contributed by atoms with Gasteiger partial charge >= 0.3 is 5.97 Å². The lowest BCUT2D eigenvalue weighted by Crippen LogP contribution is -2.63. The number of aliphatic hydroxyl groups is 1. The second-order valence-corrected chi connectivity index (χ2v) is 13.2. The molecule has 2 saturated heterocycles. The van der Waals surface area contributed by atoms with Crippen molar-refractivity contribution in [3.05, 3.63) is 33.0 Å². The van der Waals surface area contributed by atoms with Crippen LogP contribution in [0.4, 0.5) is 0 Å². The molecule has 0 bridgehead atoms. The monoisotopic (exact) mass is 549 g/mol. The number of nitrogens with zero attached hydrogens (tertiary/aromatic N) is 3. The molecule has 3 aliphatic heterocycles. The highest BCUT2D eigenvalue weighted by Gasteiger charge is 2.60. The average Bonchev–Trinajstić information content (AvgIpc) is 3.56. The minimum atomic E-state index is -1.14. The Morgan fingerprint density at radius 3 is 2.69 bits per heavy atom. The fourth-order valence-corrected chi connectivity index (χ4v) is 9.07. The Balaban J connectivity index is 1.34. The summed E-state index contributed by atoms with van der Waals surface area (Å²) in [7, 11) is 0. The van der Waals surface area contributed by atoms with E-state index in [2.05, 4.69) is 6.07 Å². The molecule has 4 N–H and O–H groups in total. The highest BCUT2D eigenvalue weighted by Crippen LogP contribution is 2.52. The van der Waals surface area contributed by atoms with Crippen LogP contribution in [0.3, 0.4) is 0 Å². The minimum absolute atomic E-state index is 0.00337.